The lowest BCUT2D eigenvalue weighted by molar-refractivity contribution is -0.117. The lowest BCUT2D eigenvalue weighted by Gasteiger charge is -2.10. The number of rotatable bonds is 3. The van der Waals surface area contributed by atoms with Gasteiger partial charge in [0.15, 0.2) is 0 Å². The average molecular weight is 229 g/mol. The molecule has 0 spiro atoms. The third-order valence-corrected chi connectivity index (χ3v) is 2.29. The molecule has 1 aromatic rings. The summed E-state index contributed by atoms with van der Waals surface area (Å²) in [7, 11) is 0. The van der Waals surface area contributed by atoms with Crippen LogP contribution in [0.15, 0.2) is 18.2 Å². The fourth-order valence-corrected chi connectivity index (χ4v) is 1.19. The summed E-state index contributed by atoms with van der Waals surface area (Å²) in [5.41, 5.74) is 6.06. The highest BCUT2D eigenvalue weighted by molar-refractivity contribution is 6.32. The van der Waals surface area contributed by atoms with E-state index < -0.39 is 6.04 Å². The van der Waals surface area contributed by atoms with Crippen LogP contribution in [0.1, 0.15) is 13.3 Å². The number of carbonyl (C=O) groups excluding carboxylic acids is 1. The Labute approximate surface area is 93.0 Å². The van der Waals surface area contributed by atoms with Gasteiger partial charge < -0.3 is 16.2 Å². The van der Waals surface area contributed by atoms with E-state index in [1.165, 1.54) is 12.1 Å². The molecule has 4 nitrogen and oxygen atoms in total. The van der Waals surface area contributed by atoms with Crippen LogP contribution in [-0.2, 0) is 4.79 Å². The maximum absolute atomic E-state index is 11.4. The minimum atomic E-state index is -0.530. The number of nitrogens with two attached hydrogens (primary N) is 1. The molecule has 0 aliphatic heterocycles. The molecule has 0 saturated heterocycles. The molecule has 0 aliphatic carbocycles. The van der Waals surface area contributed by atoms with Crippen LogP contribution in [0.4, 0.5) is 5.69 Å². The highest BCUT2D eigenvalue weighted by Crippen LogP contribution is 2.25. The number of halogens is 1. The third kappa shape index (κ3) is 3.11. The lowest BCUT2D eigenvalue weighted by Crippen LogP contribution is -2.34. The molecule has 15 heavy (non-hydrogen) atoms. The van der Waals surface area contributed by atoms with Crippen LogP contribution >= 0.6 is 11.6 Å². The molecular weight excluding hydrogens is 216 g/mol. The van der Waals surface area contributed by atoms with E-state index in [1.807, 2.05) is 6.92 Å². The summed E-state index contributed by atoms with van der Waals surface area (Å²) in [6, 6.07) is 3.91. The molecule has 1 amide bonds. The van der Waals surface area contributed by atoms with E-state index in [9.17, 15) is 4.79 Å². The molecule has 0 bridgehead atoms. The number of anilines is 1. The predicted octanol–water partition coefficient (Wildman–Crippen LogP) is 1.72. The minimum Gasteiger partial charge on any atom is -0.506 e. The zero-order valence-corrected chi connectivity index (χ0v) is 9.08. The Balaban J connectivity index is 2.73. The van der Waals surface area contributed by atoms with Gasteiger partial charge in [0, 0.05) is 5.69 Å². The van der Waals surface area contributed by atoms with Crippen molar-refractivity contribution in [2.24, 2.45) is 5.73 Å². The van der Waals surface area contributed by atoms with Gasteiger partial charge in [-0.2, -0.15) is 0 Å². The second kappa shape index (κ2) is 5.00. The number of carbonyl (C=O) groups is 1. The number of benzene rings is 1. The van der Waals surface area contributed by atoms with Crippen LogP contribution in [-0.4, -0.2) is 17.1 Å². The van der Waals surface area contributed by atoms with Crippen LogP contribution in [0.2, 0.25) is 5.02 Å². The van der Waals surface area contributed by atoms with Gasteiger partial charge in [-0.15, -0.1) is 0 Å². The third-order valence-electron chi connectivity index (χ3n) is 1.99. The standard InChI is InChI=1S/C10H13ClN2O2/c1-2-8(12)10(15)13-6-3-4-9(14)7(11)5-6/h3-5,8,14H,2,12H2,1H3,(H,13,15)/t8-/m1/s1. The summed E-state index contributed by atoms with van der Waals surface area (Å²) < 4.78 is 0. The van der Waals surface area contributed by atoms with Crippen LogP contribution in [0.5, 0.6) is 5.75 Å². The van der Waals surface area contributed by atoms with Crippen molar-refractivity contribution in [3.63, 3.8) is 0 Å². The van der Waals surface area contributed by atoms with E-state index in [4.69, 9.17) is 22.4 Å². The van der Waals surface area contributed by atoms with Crippen molar-refractivity contribution < 1.29 is 9.90 Å². The number of nitrogens with one attached hydrogen (secondary N) is 1. The number of amides is 1. The summed E-state index contributed by atoms with van der Waals surface area (Å²) in [6.07, 6.45) is 0.567. The van der Waals surface area contributed by atoms with Crippen molar-refractivity contribution in [1.82, 2.24) is 0 Å². The Morgan fingerprint density at radius 2 is 2.33 bits per heavy atom. The molecule has 5 heteroatoms. The van der Waals surface area contributed by atoms with Gasteiger partial charge in [-0.05, 0) is 24.6 Å². The SMILES string of the molecule is CC[C@@H](N)C(=O)Nc1ccc(O)c(Cl)c1. The van der Waals surface area contributed by atoms with Crippen molar-refractivity contribution in [1.29, 1.82) is 0 Å². The van der Waals surface area contributed by atoms with Crippen molar-refractivity contribution >= 4 is 23.2 Å². The summed E-state index contributed by atoms with van der Waals surface area (Å²) in [5.74, 6) is -0.284. The Bertz CT molecular complexity index is 368. The predicted molar refractivity (Wildman–Crippen MR) is 60.0 cm³/mol. The molecule has 4 N–H and O–H groups in total. The van der Waals surface area contributed by atoms with Gasteiger partial charge in [0.05, 0.1) is 11.1 Å². The number of phenolic OH excluding ortho intramolecular Hbond substituents is 1. The number of phenols is 1. The zero-order chi connectivity index (χ0) is 11.4. The molecule has 0 radical (unpaired) electrons. The molecule has 0 aromatic heterocycles. The topological polar surface area (TPSA) is 75.4 Å². The first-order chi connectivity index (χ1) is 7.04. The molecule has 1 aromatic carbocycles. The van der Waals surface area contributed by atoms with Crippen LogP contribution in [0.25, 0.3) is 0 Å². The Hall–Kier alpha value is -1.26. The van der Waals surface area contributed by atoms with Gasteiger partial charge in [-0.1, -0.05) is 18.5 Å². The Kier molecular flexibility index (Phi) is 3.94. The smallest absolute Gasteiger partial charge is 0.241 e. The molecule has 1 rings (SSSR count). The maximum Gasteiger partial charge on any atom is 0.241 e. The molecule has 0 heterocycles. The Morgan fingerprint density at radius 3 is 2.87 bits per heavy atom. The first-order valence-electron chi connectivity index (χ1n) is 4.59. The second-order valence-corrected chi connectivity index (χ2v) is 3.58. The minimum absolute atomic E-state index is 0.0190. The van der Waals surface area contributed by atoms with E-state index in [-0.39, 0.29) is 16.7 Å². The molecule has 0 unspecified atom stereocenters. The van der Waals surface area contributed by atoms with Gasteiger partial charge in [-0.25, -0.2) is 0 Å². The molecule has 0 fully saturated rings. The van der Waals surface area contributed by atoms with E-state index >= 15 is 0 Å². The highest BCUT2D eigenvalue weighted by Gasteiger charge is 2.11. The summed E-state index contributed by atoms with van der Waals surface area (Å²) in [6.45, 7) is 1.83. The quantitative estimate of drug-likeness (QED) is 0.690. The second-order valence-electron chi connectivity index (χ2n) is 3.17. The highest BCUT2D eigenvalue weighted by atomic mass is 35.5. The van der Waals surface area contributed by atoms with Gasteiger partial charge >= 0.3 is 0 Å². The largest absolute Gasteiger partial charge is 0.506 e. The van der Waals surface area contributed by atoms with Gasteiger partial charge in [0.25, 0.3) is 0 Å². The van der Waals surface area contributed by atoms with Crippen LogP contribution in [0.3, 0.4) is 0 Å². The first-order valence-corrected chi connectivity index (χ1v) is 4.97. The number of hydrogen-bond acceptors (Lipinski definition) is 3. The van der Waals surface area contributed by atoms with Crippen LogP contribution in [0, 0.1) is 0 Å². The molecule has 0 aliphatic rings. The monoisotopic (exact) mass is 228 g/mol. The van der Waals surface area contributed by atoms with Crippen molar-refractivity contribution in [2.75, 3.05) is 5.32 Å². The normalized spacial score (nSPS) is 12.2. The van der Waals surface area contributed by atoms with E-state index in [2.05, 4.69) is 5.32 Å². The van der Waals surface area contributed by atoms with Gasteiger partial charge in [0.1, 0.15) is 5.75 Å². The van der Waals surface area contributed by atoms with Gasteiger partial charge in [-0.3, -0.25) is 4.79 Å². The summed E-state index contributed by atoms with van der Waals surface area (Å²) >= 11 is 5.68. The molecule has 0 saturated carbocycles. The molecule has 82 valence electrons. The molecular formula is C10H13ClN2O2. The number of hydrogen-bond donors (Lipinski definition) is 3. The number of aromatic hydroxyl groups is 1. The zero-order valence-electron chi connectivity index (χ0n) is 8.33. The fourth-order valence-electron chi connectivity index (χ4n) is 1.01. The van der Waals surface area contributed by atoms with Gasteiger partial charge in [0.2, 0.25) is 5.91 Å². The summed E-state index contributed by atoms with van der Waals surface area (Å²) in [5, 5.41) is 12.0. The van der Waals surface area contributed by atoms with Crippen molar-refractivity contribution in [3.8, 4) is 5.75 Å². The van der Waals surface area contributed by atoms with Crippen LogP contribution < -0.4 is 11.1 Å². The molecule has 1 atom stereocenters. The maximum atomic E-state index is 11.4. The average Bonchev–Trinajstić information content (AvgIpc) is 2.22. The summed E-state index contributed by atoms with van der Waals surface area (Å²) in [4.78, 5) is 11.4. The Morgan fingerprint density at radius 1 is 1.67 bits per heavy atom. The fraction of sp³-hybridized carbons (Fsp3) is 0.300. The van der Waals surface area contributed by atoms with Crippen molar-refractivity contribution in [2.45, 2.75) is 19.4 Å². The van der Waals surface area contributed by atoms with Crippen molar-refractivity contribution in [3.05, 3.63) is 23.2 Å². The van der Waals surface area contributed by atoms with E-state index in [1.54, 1.807) is 6.07 Å². The first kappa shape index (κ1) is 11.8. The van der Waals surface area contributed by atoms with E-state index in [0.29, 0.717) is 12.1 Å². The van der Waals surface area contributed by atoms with E-state index in [0.717, 1.165) is 0 Å². The lowest BCUT2D eigenvalue weighted by atomic mass is 10.2.